The van der Waals surface area contributed by atoms with Crippen LogP contribution in [0.3, 0.4) is 0 Å². The van der Waals surface area contributed by atoms with E-state index < -0.39 is 0 Å². The van der Waals surface area contributed by atoms with Crippen LogP contribution in [0.15, 0.2) is 30.3 Å². The monoisotopic (exact) mass is 193 g/mol. The fourth-order valence-corrected chi connectivity index (χ4v) is 1.30. The SMILES string of the molecule is NC(COCc1ccccc1)C1CO1. The number of epoxide rings is 1. The lowest BCUT2D eigenvalue weighted by Gasteiger charge is -2.09. The van der Waals surface area contributed by atoms with Crippen LogP contribution in [0.4, 0.5) is 0 Å². The Balaban J connectivity index is 1.67. The molecule has 0 amide bonds. The molecule has 1 heterocycles. The normalized spacial score (nSPS) is 21.9. The summed E-state index contributed by atoms with van der Waals surface area (Å²) >= 11 is 0. The van der Waals surface area contributed by atoms with Gasteiger partial charge in [-0.2, -0.15) is 0 Å². The fraction of sp³-hybridized carbons (Fsp3) is 0.455. The molecule has 3 nitrogen and oxygen atoms in total. The smallest absolute Gasteiger partial charge is 0.0982 e. The Morgan fingerprint density at radius 1 is 1.43 bits per heavy atom. The lowest BCUT2D eigenvalue weighted by atomic mass is 10.2. The van der Waals surface area contributed by atoms with Crippen LogP contribution in [0.2, 0.25) is 0 Å². The maximum atomic E-state index is 5.79. The molecule has 2 rings (SSSR count). The molecule has 0 bridgehead atoms. The third-order valence-corrected chi connectivity index (χ3v) is 2.26. The van der Waals surface area contributed by atoms with E-state index in [0.717, 1.165) is 6.61 Å². The summed E-state index contributed by atoms with van der Waals surface area (Å²) in [6.07, 6.45) is 0.228. The van der Waals surface area contributed by atoms with Crippen LogP contribution in [0, 0.1) is 0 Å². The second kappa shape index (κ2) is 4.55. The van der Waals surface area contributed by atoms with Crippen LogP contribution < -0.4 is 5.73 Å². The van der Waals surface area contributed by atoms with Gasteiger partial charge >= 0.3 is 0 Å². The molecule has 2 atom stereocenters. The third kappa shape index (κ3) is 2.80. The highest BCUT2D eigenvalue weighted by atomic mass is 16.6. The van der Waals surface area contributed by atoms with Crippen molar-refractivity contribution < 1.29 is 9.47 Å². The molecule has 0 aromatic heterocycles. The molecular weight excluding hydrogens is 178 g/mol. The van der Waals surface area contributed by atoms with E-state index in [1.165, 1.54) is 5.56 Å². The Kier molecular flexibility index (Phi) is 3.14. The van der Waals surface area contributed by atoms with Crippen LogP contribution in [0.5, 0.6) is 0 Å². The topological polar surface area (TPSA) is 47.8 Å². The van der Waals surface area contributed by atoms with Crippen molar-refractivity contribution in [2.24, 2.45) is 5.73 Å². The minimum atomic E-state index is 0.0266. The second-order valence-corrected chi connectivity index (χ2v) is 3.54. The molecule has 1 saturated heterocycles. The molecule has 1 aromatic carbocycles. The summed E-state index contributed by atoms with van der Waals surface area (Å²) in [4.78, 5) is 0. The predicted molar refractivity (Wildman–Crippen MR) is 53.8 cm³/mol. The summed E-state index contributed by atoms with van der Waals surface area (Å²) in [5.41, 5.74) is 6.97. The number of rotatable bonds is 5. The number of hydrogen-bond donors (Lipinski definition) is 1. The molecule has 0 spiro atoms. The predicted octanol–water partition coefficient (Wildman–Crippen LogP) is 0.929. The highest BCUT2D eigenvalue weighted by Gasteiger charge is 2.29. The number of benzene rings is 1. The zero-order chi connectivity index (χ0) is 9.80. The molecule has 0 radical (unpaired) electrons. The molecule has 1 aliphatic heterocycles. The maximum Gasteiger partial charge on any atom is 0.0982 e. The first kappa shape index (κ1) is 9.65. The zero-order valence-corrected chi connectivity index (χ0v) is 8.06. The Bertz CT molecular complexity index is 272. The van der Waals surface area contributed by atoms with E-state index in [9.17, 15) is 0 Å². The lowest BCUT2D eigenvalue weighted by molar-refractivity contribution is 0.100. The molecular formula is C11H15NO2. The fourth-order valence-electron chi connectivity index (χ4n) is 1.30. The summed E-state index contributed by atoms with van der Waals surface area (Å²) in [5.74, 6) is 0. The van der Waals surface area contributed by atoms with Gasteiger partial charge in [-0.1, -0.05) is 30.3 Å². The van der Waals surface area contributed by atoms with Crippen LogP contribution in [0.1, 0.15) is 5.56 Å². The van der Waals surface area contributed by atoms with Gasteiger partial charge in [-0.05, 0) is 5.56 Å². The summed E-state index contributed by atoms with van der Waals surface area (Å²) in [5, 5.41) is 0. The first-order chi connectivity index (χ1) is 6.86. The Hall–Kier alpha value is -0.900. The van der Waals surface area contributed by atoms with Crippen LogP contribution in [0.25, 0.3) is 0 Å². The lowest BCUT2D eigenvalue weighted by Crippen LogP contribution is -2.31. The third-order valence-electron chi connectivity index (χ3n) is 2.26. The van der Waals surface area contributed by atoms with Crippen molar-refractivity contribution >= 4 is 0 Å². The van der Waals surface area contributed by atoms with Gasteiger partial charge in [0.25, 0.3) is 0 Å². The van der Waals surface area contributed by atoms with E-state index in [0.29, 0.717) is 13.2 Å². The molecule has 14 heavy (non-hydrogen) atoms. The van der Waals surface area contributed by atoms with Crippen LogP contribution in [-0.4, -0.2) is 25.4 Å². The van der Waals surface area contributed by atoms with Crippen molar-refractivity contribution in [2.75, 3.05) is 13.2 Å². The van der Waals surface area contributed by atoms with Gasteiger partial charge in [0.05, 0.1) is 32.0 Å². The molecule has 1 aliphatic rings. The number of nitrogens with two attached hydrogens (primary N) is 1. The van der Waals surface area contributed by atoms with Crippen LogP contribution >= 0.6 is 0 Å². The average molecular weight is 193 g/mol. The minimum absolute atomic E-state index is 0.0266. The maximum absolute atomic E-state index is 5.79. The summed E-state index contributed by atoms with van der Waals surface area (Å²) in [7, 11) is 0. The molecule has 1 aromatic rings. The number of ether oxygens (including phenoxy) is 2. The van der Waals surface area contributed by atoms with E-state index in [1.54, 1.807) is 0 Å². The first-order valence-electron chi connectivity index (χ1n) is 4.85. The molecule has 76 valence electrons. The zero-order valence-electron chi connectivity index (χ0n) is 8.06. The van der Waals surface area contributed by atoms with E-state index in [1.807, 2.05) is 30.3 Å². The van der Waals surface area contributed by atoms with Crippen molar-refractivity contribution in [1.82, 2.24) is 0 Å². The van der Waals surface area contributed by atoms with Gasteiger partial charge < -0.3 is 15.2 Å². The molecule has 1 fully saturated rings. The Labute approximate surface area is 83.8 Å². The molecule has 3 heteroatoms. The van der Waals surface area contributed by atoms with Crippen molar-refractivity contribution in [2.45, 2.75) is 18.8 Å². The van der Waals surface area contributed by atoms with Gasteiger partial charge in [-0.3, -0.25) is 0 Å². The van der Waals surface area contributed by atoms with Gasteiger partial charge in [0, 0.05) is 0 Å². The highest BCUT2D eigenvalue weighted by Crippen LogP contribution is 2.12. The molecule has 0 aliphatic carbocycles. The van der Waals surface area contributed by atoms with Gasteiger partial charge in [-0.15, -0.1) is 0 Å². The molecule has 2 unspecified atom stereocenters. The van der Waals surface area contributed by atoms with Crippen molar-refractivity contribution in [3.8, 4) is 0 Å². The standard InChI is InChI=1S/C11H15NO2/c12-10(11-8-14-11)7-13-6-9-4-2-1-3-5-9/h1-5,10-11H,6-8,12H2. The van der Waals surface area contributed by atoms with E-state index in [-0.39, 0.29) is 12.1 Å². The summed E-state index contributed by atoms with van der Waals surface area (Å²) in [6, 6.07) is 10.1. The Morgan fingerprint density at radius 3 is 2.79 bits per heavy atom. The number of hydrogen-bond acceptors (Lipinski definition) is 3. The average Bonchev–Trinajstić information content (AvgIpc) is 3.02. The van der Waals surface area contributed by atoms with E-state index in [4.69, 9.17) is 15.2 Å². The van der Waals surface area contributed by atoms with Crippen molar-refractivity contribution in [3.63, 3.8) is 0 Å². The van der Waals surface area contributed by atoms with Crippen LogP contribution in [-0.2, 0) is 16.1 Å². The van der Waals surface area contributed by atoms with Crippen molar-refractivity contribution in [3.05, 3.63) is 35.9 Å². The van der Waals surface area contributed by atoms with Gasteiger partial charge in [-0.25, -0.2) is 0 Å². The van der Waals surface area contributed by atoms with Crippen molar-refractivity contribution in [1.29, 1.82) is 0 Å². The largest absolute Gasteiger partial charge is 0.375 e. The molecule has 0 saturated carbocycles. The van der Waals surface area contributed by atoms with E-state index in [2.05, 4.69) is 0 Å². The second-order valence-electron chi connectivity index (χ2n) is 3.54. The summed E-state index contributed by atoms with van der Waals surface area (Å²) < 4.78 is 10.5. The first-order valence-corrected chi connectivity index (χ1v) is 4.85. The Morgan fingerprint density at radius 2 is 2.14 bits per heavy atom. The van der Waals surface area contributed by atoms with Gasteiger partial charge in [0.2, 0.25) is 0 Å². The quantitative estimate of drug-likeness (QED) is 0.708. The minimum Gasteiger partial charge on any atom is -0.375 e. The summed E-state index contributed by atoms with van der Waals surface area (Å²) in [6.45, 7) is 1.98. The highest BCUT2D eigenvalue weighted by molar-refractivity contribution is 5.13. The van der Waals surface area contributed by atoms with E-state index >= 15 is 0 Å². The van der Waals surface area contributed by atoms with Gasteiger partial charge in [0.15, 0.2) is 0 Å². The molecule has 2 N–H and O–H groups in total. The van der Waals surface area contributed by atoms with Gasteiger partial charge in [0.1, 0.15) is 0 Å².